The molecule has 0 spiro atoms. The molecular weight excluding hydrogens is 234 g/mol. The van der Waals surface area contributed by atoms with Crippen molar-refractivity contribution in [2.24, 2.45) is 0 Å². The quantitative estimate of drug-likeness (QED) is 0.663. The van der Waals surface area contributed by atoms with E-state index in [-0.39, 0.29) is 24.9 Å². The van der Waals surface area contributed by atoms with Crippen LogP contribution in [0.4, 0.5) is 5.69 Å². The van der Waals surface area contributed by atoms with Gasteiger partial charge in [-0.15, -0.1) is 0 Å². The van der Waals surface area contributed by atoms with Gasteiger partial charge >= 0.3 is 0 Å². The zero-order valence-electron chi connectivity index (χ0n) is 10.4. The Morgan fingerprint density at radius 3 is 2.50 bits per heavy atom. The predicted molar refractivity (Wildman–Crippen MR) is 68.6 cm³/mol. The van der Waals surface area contributed by atoms with Gasteiger partial charge < -0.3 is 15.4 Å². The van der Waals surface area contributed by atoms with Crippen molar-refractivity contribution in [2.75, 3.05) is 32.6 Å². The summed E-state index contributed by atoms with van der Waals surface area (Å²) in [4.78, 5) is 22.5. The van der Waals surface area contributed by atoms with Crippen LogP contribution in [0, 0.1) is 0 Å². The molecule has 0 saturated carbocycles. The molecule has 98 valence electrons. The summed E-state index contributed by atoms with van der Waals surface area (Å²) < 4.78 is 5.11. The van der Waals surface area contributed by atoms with Crippen LogP contribution in [0.1, 0.15) is 0 Å². The van der Waals surface area contributed by atoms with E-state index in [1.807, 2.05) is 6.07 Å². The lowest BCUT2D eigenvalue weighted by atomic mass is 10.3. The van der Waals surface area contributed by atoms with E-state index in [1.165, 1.54) is 7.11 Å². The van der Waals surface area contributed by atoms with Crippen molar-refractivity contribution in [1.82, 2.24) is 10.6 Å². The Labute approximate surface area is 106 Å². The zero-order valence-corrected chi connectivity index (χ0v) is 10.4. The van der Waals surface area contributed by atoms with E-state index < -0.39 is 0 Å². The largest absolute Gasteiger partial charge is 0.495 e. The standard InChI is InChI=1S/C12H17N3O3/c1-13-11(16)7-14-8-12(17)15-9-5-3-4-6-10(9)18-2/h3-6,14H,7-8H2,1-2H3,(H,13,16)(H,15,17). The molecule has 0 aliphatic carbocycles. The van der Waals surface area contributed by atoms with Crippen LogP contribution in [-0.4, -0.2) is 39.1 Å². The van der Waals surface area contributed by atoms with E-state index >= 15 is 0 Å². The Morgan fingerprint density at radius 1 is 1.17 bits per heavy atom. The summed E-state index contributed by atoms with van der Waals surface area (Å²) in [5.41, 5.74) is 0.603. The lowest BCUT2D eigenvalue weighted by Gasteiger charge is -2.10. The molecule has 0 fully saturated rings. The molecule has 0 saturated heterocycles. The molecule has 0 atom stereocenters. The lowest BCUT2D eigenvalue weighted by Crippen LogP contribution is -2.36. The molecule has 0 radical (unpaired) electrons. The highest BCUT2D eigenvalue weighted by Crippen LogP contribution is 2.22. The average Bonchev–Trinajstić information content (AvgIpc) is 2.39. The van der Waals surface area contributed by atoms with Crippen molar-refractivity contribution >= 4 is 17.5 Å². The summed E-state index contributed by atoms with van der Waals surface area (Å²) in [6.07, 6.45) is 0. The summed E-state index contributed by atoms with van der Waals surface area (Å²) in [6, 6.07) is 7.12. The number of rotatable bonds is 6. The van der Waals surface area contributed by atoms with E-state index in [2.05, 4.69) is 16.0 Å². The van der Waals surface area contributed by atoms with Crippen LogP contribution >= 0.6 is 0 Å². The number of likely N-dealkylation sites (N-methyl/N-ethyl adjacent to an activating group) is 1. The summed E-state index contributed by atoms with van der Waals surface area (Å²) in [7, 11) is 3.08. The zero-order chi connectivity index (χ0) is 13.4. The number of hydrogen-bond acceptors (Lipinski definition) is 4. The summed E-state index contributed by atoms with van der Waals surface area (Å²) in [5, 5.41) is 7.88. The van der Waals surface area contributed by atoms with Gasteiger partial charge in [-0.25, -0.2) is 0 Å². The molecule has 0 unspecified atom stereocenters. The van der Waals surface area contributed by atoms with Crippen molar-refractivity contribution in [2.45, 2.75) is 0 Å². The Balaban J connectivity index is 2.42. The first-order chi connectivity index (χ1) is 8.67. The third-order valence-electron chi connectivity index (χ3n) is 2.23. The molecule has 6 nitrogen and oxygen atoms in total. The van der Waals surface area contributed by atoms with Gasteiger partial charge in [-0.3, -0.25) is 14.9 Å². The average molecular weight is 251 g/mol. The first kappa shape index (κ1) is 14.0. The van der Waals surface area contributed by atoms with Gasteiger partial charge in [0.05, 0.1) is 25.9 Å². The summed E-state index contributed by atoms with van der Waals surface area (Å²) in [6.45, 7) is 0.168. The monoisotopic (exact) mass is 251 g/mol. The molecule has 1 aromatic rings. The van der Waals surface area contributed by atoms with Gasteiger partial charge in [0.25, 0.3) is 0 Å². The van der Waals surface area contributed by atoms with Gasteiger partial charge in [0, 0.05) is 7.05 Å². The highest BCUT2D eigenvalue weighted by atomic mass is 16.5. The van der Waals surface area contributed by atoms with Gasteiger partial charge in [-0.1, -0.05) is 12.1 Å². The first-order valence-corrected chi connectivity index (χ1v) is 5.51. The van der Waals surface area contributed by atoms with E-state index in [4.69, 9.17) is 4.74 Å². The Morgan fingerprint density at radius 2 is 1.83 bits per heavy atom. The number of methoxy groups -OCH3 is 1. The van der Waals surface area contributed by atoms with Crippen LogP contribution in [0.2, 0.25) is 0 Å². The smallest absolute Gasteiger partial charge is 0.238 e. The fraction of sp³-hybridized carbons (Fsp3) is 0.333. The van der Waals surface area contributed by atoms with Crippen molar-refractivity contribution in [3.63, 3.8) is 0 Å². The molecule has 0 aliphatic rings. The predicted octanol–water partition coefficient (Wildman–Crippen LogP) is -0.0307. The van der Waals surface area contributed by atoms with Gasteiger partial charge in [0.1, 0.15) is 5.75 Å². The number of hydrogen-bond donors (Lipinski definition) is 3. The Bertz CT molecular complexity index is 421. The first-order valence-electron chi connectivity index (χ1n) is 5.51. The maximum Gasteiger partial charge on any atom is 0.238 e. The van der Waals surface area contributed by atoms with Crippen molar-refractivity contribution in [3.05, 3.63) is 24.3 Å². The van der Waals surface area contributed by atoms with Crippen LogP contribution in [0.5, 0.6) is 5.75 Å². The normalized spacial score (nSPS) is 9.67. The number of benzene rings is 1. The van der Waals surface area contributed by atoms with Crippen molar-refractivity contribution in [1.29, 1.82) is 0 Å². The maximum atomic E-state index is 11.6. The van der Waals surface area contributed by atoms with Gasteiger partial charge in [0.2, 0.25) is 11.8 Å². The number of carbonyl (C=O) groups is 2. The second-order valence-corrected chi connectivity index (χ2v) is 3.53. The molecule has 0 heterocycles. The summed E-state index contributed by atoms with van der Waals surface area (Å²) >= 11 is 0. The molecule has 1 rings (SSSR count). The number of para-hydroxylation sites is 2. The van der Waals surface area contributed by atoms with Gasteiger partial charge in [-0.05, 0) is 12.1 Å². The second kappa shape index (κ2) is 7.29. The van der Waals surface area contributed by atoms with Crippen LogP contribution in [-0.2, 0) is 9.59 Å². The fourth-order valence-electron chi connectivity index (χ4n) is 1.32. The highest BCUT2D eigenvalue weighted by Gasteiger charge is 2.06. The van der Waals surface area contributed by atoms with E-state index in [9.17, 15) is 9.59 Å². The number of nitrogens with one attached hydrogen (secondary N) is 3. The van der Waals surface area contributed by atoms with Gasteiger partial charge in [-0.2, -0.15) is 0 Å². The molecular formula is C12H17N3O3. The topological polar surface area (TPSA) is 79.5 Å². The van der Waals surface area contributed by atoms with Gasteiger partial charge in [0.15, 0.2) is 0 Å². The minimum atomic E-state index is -0.233. The van der Waals surface area contributed by atoms with Crippen molar-refractivity contribution in [3.8, 4) is 5.75 Å². The van der Waals surface area contributed by atoms with E-state index in [0.717, 1.165) is 0 Å². The molecule has 2 amide bonds. The van der Waals surface area contributed by atoms with Crippen LogP contribution in [0.25, 0.3) is 0 Å². The Hall–Kier alpha value is -2.08. The SMILES string of the molecule is CNC(=O)CNCC(=O)Nc1ccccc1OC. The highest BCUT2D eigenvalue weighted by molar-refractivity contribution is 5.94. The number of anilines is 1. The van der Waals surface area contributed by atoms with E-state index in [1.54, 1.807) is 25.2 Å². The van der Waals surface area contributed by atoms with E-state index in [0.29, 0.717) is 11.4 Å². The molecule has 0 aliphatic heterocycles. The minimum absolute atomic E-state index is 0.0610. The maximum absolute atomic E-state index is 11.6. The third-order valence-corrected chi connectivity index (χ3v) is 2.23. The third kappa shape index (κ3) is 4.42. The number of ether oxygens (including phenoxy) is 1. The van der Waals surface area contributed by atoms with Crippen molar-refractivity contribution < 1.29 is 14.3 Å². The molecule has 0 aromatic heterocycles. The second-order valence-electron chi connectivity index (χ2n) is 3.53. The summed E-state index contributed by atoms with van der Waals surface area (Å²) in [5.74, 6) is 0.195. The molecule has 1 aromatic carbocycles. The molecule has 6 heteroatoms. The molecule has 3 N–H and O–H groups in total. The molecule has 0 bridgehead atoms. The number of amides is 2. The van der Waals surface area contributed by atoms with Crippen LogP contribution < -0.4 is 20.7 Å². The lowest BCUT2D eigenvalue weighted by molar-refractivity contribution is -0.119. The molecule has 18 heavy (non-hydrogen) atoms. The van der Waals surface area contributed by atoms with Crippen LogP contribution in [0.3, 0.4) is 0 Å². The number of carbonyl (C=O) groups excluding carboxylic acids is 2. The van der Waals surface area contributed by atoms with Crippen LogP contribution in [0.15, 0.2) is 24.3 Å². The fourth-order valence-corrected chi connectivity index (χ4v) is 1.32. The Kier molecular flexibility index (Phi) is 5.66. The minimum Gasteiger partial charge on any atom is -0.495 e.